The average Bonchev–Trinajstić information content (AvgIpc) is 2.86. The Bertz CT molecular complexity index is 717. The second-order valence-electron chi connectivity index (χ2n) is 5.01. The summed E-state index contributed by atoms with van der Waals surface area (Å²) in [6.07, 6.45) is 1.75. The minimum Gasteiger partial charge on any atom is -0.345 e. The number of carbonyl (C=O) groups is 1. The summed E-state index contributed by atoms with van der Waals surface area (Å²) in [4.78, 5) is 12.3. The zero-order chi connectivity index (χ0) is 15.0. The quantitative estimate of drug-likeness (QED) is 0.807. The lowest BCUT2D eigenvalue weighted by Crippen LogP contribution is -2.27. The highest BCUT2D eigenvalue weighted by Gasteiger charge is 2.25. The van der Waals surface area contributed by atoms with Crippen LogP contribution in [0.4, 0.5) is 4.39 Å². The number of rotatable bonds is 2. The van der Waals surface area contributed by atoms with E-state index in [-0.39, 0.29) is 21.7 Å². The molecule has 0 fully saturated rings. The van der Waals surface area contributed by atoms with Gasteiger partial charge in [-0.3, -0.25) is 4.79 Å². The molecule has 21 heavy (non-hydrogen) atoms. The molecule has 0 saturated heterocycles. The first kappa shape index (κ1) is 14.4. The molecule has 2 aromatic rings. The molecule has 0 saturated carbocycles. The lowest BCUT2D eigenvalue weighted by Gasteiger charge is -2.15. The number of benzene rings is 2. The van der Waals surface area contributed by atoms with Crippen LogP contribution >= 0.6 is 23.2 Å². The van der Waals surface area contributed by atoms with Crippen LogP contribution < -0.4 is 5.32 Å². The van der Waals surface area contributed by atoms with Gasteiger partial charge in [0.25, 0.3) is 5.91 Å². The van der Waals surface area contributed by atoms with E-state index in [2.05, 4.69) is 11.4 Å². The minimum atomic E-state index is -0.655. The third kappa shape index (κ3) is 2.76. The van der Waals surface area contributed by atoms with Crippen molar-refractivity contribution < 1.29 is 9.18 Å². The molecule has 1 amide bonds. The van der Waals surface area contributed by atoms with E-state index in [1.165, 1.54) is 11.6 Å². The van der Waals surface area contributed by atoms with Crippen LogP contribution in [0.3, 0.4) is 0 Å². The van der Waals surface area contributed by atoms with E-state index in [1.54, 1.807) is 0 Å². The Morgan fingerprint density at radius 2 is 1.95 bits per heavy atom. The van der Waals surface area contributed by atoms with Crippen LogP contribution in [-0.2, 0) is 6.42 Å². The smallest absolute Gasteiger partial charge is 0.253 e. The Morgan fingerprint density at radius 3 is 2.76 bits per heavy atom. The van der Waals surface area contributed by atoms with Crippen molar-refractivity contribution in [1.82, 2.24) is 5.32 Å². The van der Waals surface area contributed by atoms with Gasteiger partial charge in [0.05, 0.1) is 21.7 Å². The molecule has 1 N–H and O–H groups in total. The number of amides is 1. The summed E-state index contributed by atoms with van der Waals surface area (Å²) in [7, 11) is 0. The standard InChI is InChI=1S/C16H12Cl2FNO/c17-12-8-13(18)14(19)7-11(12)16(21)20-15-6-5-9-3-1-2-4-10(9)15/h1-4,7-8,15H,5-6H2,(H,20,21). The van der Waals surface area contributed by atoms with Crippen LogP contribution in [0.1, 0.15) is 33.9 Å². The topological polar surface area (TPSA) is 29.1 Å². The first-order valence-electron chi connectivity index (χ1n) is 6.59. The van der Waals surface area contributed by atoms with Crippen molar-refractivity contribution in [3.63, 3.8) is 0 Å². The Balaban J connectivity index is 1.84. The predicted molar refractivity (Wildman–Crippen MR) is 81.4 cm³/mol. The number of hydrogen-bond donors (Lipinski definition) is 1. The van der Waals surface area contributed by atoms with Crippen LogP contribution in [-0.4, -0.2) is 5.91 Å². The first-order chi connectivity index (χ1) is 10.1. The molecule has 1 unspecified atom stereocenters. The molecule has 0 aliphatic heterocycles. The predicted octanol–water partition coefficient (Wildman–Crippen LogP) is 4.55. The summed E-state index contributed by atoms with van der Waals surface area (Å²) >= 11 is 11.6. The number of halogens is 3. The highest BCUT2D eigenvalue weighted by molar-refractivity contribution is 6.36. The van der Waals surface area contributed by atoms with Gasteiger partial charge in [-0.25, -0.2) is 4.39 Å². The van der Waals surface area contributed by atoms with Gasteiger partial charge in [-0.2, -0.15) is 0 Å². The van der Waals surface area contributed by atoms with Crippen LogP contribution in [0.25, 0.3) is 0 Å². The molecule has 2 aromatic carbocycles. The number of fused-ring (bicyclic) bond motifs is 1. The number of nitrogens with one attached hydrogen (secondary N) is 1. The van der Waals surface area contributed by atoms with Crippen molar-refractivity contribution in [1.29, 1.82) is 0 Å². The second-order valence-corrected chi connectivity index (χ2v) is 5.82. The summed E-state index contributed by atoms with van der Waals surface area (Å²) in [6.45, 7) is 0. The monoisotopic (exact) mass is 323 g/mol. The molecule has 1 atom stereocenters. The molecule has 0 heterocycles. The molecule has 2 nitrogen and oxygen atoms in total. The molecule has 3 rings (SSSR count). The summed E-state index contributed by atoms with van der Waals surface area (Å²) in [5.41, 5.74) is 2.44. The van der Waals surface area contributed by atoms with E-state index >= 15 is 0 Å². The zero-order valence-corrected chi connectivity index (χ0v) is 12.5. The molecule has 0 radical (unpaired) electrons. The largest absolute Gasteiger partial charge is 0.345 e. The molecule has 0 aromatic heterocycles. The normalized spacial score (nSPS) is 16.6. The van der Waals surface area contributed by atoms with Crippen molar-refractivity contribution in [3.05, 3.63) is 69.0 Å². The van der Waals surface area contributed by atoms with E-state index in [4.69, 9.17) is 23.2 Å². The lowest BCUT2D eigenvalue weighted by molar-refractivity contribution is 0.0936. The molecule has 1 aliphatic carbocycles. The van der Waals surface area contributed by atoms with Crippen LogP contribution in [0.5, 0.6) is 0 Å². The van der Waals surface area contributed by atoms with Crippen molar-refractivity contribution in [2.75, 3.05) is 0 Å². The number of carbonyl (C=O) groups excluding carboxylic acids is 1. The third-order valence-corrected chi connectivity index (χ3v) is 4.30. The van der Waals surface area contributed by atoms with Gasteiger partial charge < -0.3 is 5.32 Å². The molecule has 0 spiro atoms. The van der Waals surface area contributed by atoms with Gasteiger partial charge in [-0.05, 0) is 36.1 Å². The van der Waals surface area contributed by atoms with E-state index in [9.17, 15) is 9.18 Å². The van der Waals surface area contributed by atoms with Crippen molar-refractivity contribution in [3.8, 4) is 0 Å². The maximum absolute atomic E-state index is 13.5. The summed E-state index contributed by atoms with van der Waals surface area (Å²) in [6, 6.07) is 10.2. The first-order valence-corrected chi connectivity index (χ1v) is 7.35. The van der Waals surface area contributed by atoms with Gasteiger partial charge in [-0.15, -0.1) is 0 Å². The fourth-order valence-electron chi connectivity index (χ4n) is 2.64. The zero-order valence-electron chi connectivity index (χ0n) is 11.0. The third-order valence-electron chi connectivity index (χ3n) is 3.69. The summed E-state index contributed by atoms with van der Waals surface area (Å²) in [5.74, 6) is -1.05. The molecule has 108 valence electrons. The SMILES string of the molecule is O=C(NC1CCc2ccccc21)c1cc(F)c(Cl)cc1Cl. The van der Waals surface area contributed by atoms with Gasteiger partial charge in [0.15, 0.2) is 0 Å². The lowest BCUT2D eigenvalue weighted by atomic mass is 10.1. The Kier molecular flexibility index (Phi) is 3.87. The number of hydrogen-bond acceptors (Lipinski definition) is 1. The van der Waals surface area contributed by atoms with Gasteiger partial charge in [0.1, 0.15) is 5.82 Å². The molecule has 0 bridgehead atoms. The van der Waals surface area contributed by atoms with E-state index in [1.807, 2.05) is 18.2 Å². The van der Waals surface area contributed by atoms with Crippen molar-refractivity contribution in [2.45, 2.75) is 18.9 Å². The van der Waals surface area contributed by atoms with Crippen LogP contribution in [0.2, 0.25) is 10.0 Å². The van der Waals surface area contributed by atoms with E-state index in [0.29, 0.717) is 0 Å². The number of aryl methyl sites for hydroxylation is 1. The van der Waals surface area contributed by atoms with Crippen molar-refractivity contribution >= 4 is 29.1 Å². The Hall–Kier alpha value is -1.58. The van der Waals surface area contributed by atoms with Crippen molar-refractivity contribution in [2.24, 2.45) is 0 Å². The molecule has 5 heteroatoms. The molecular formula is C16H12Cl2FNO. The minimum absolute atomic E-state index is 0.0662. The Morgan fingerprint density at radius 1 is 1.19 bits per heavy atom. The highest BCUT2D eigenvalue weighted by Crippen LogP contribution is 2.31. The van der Waals surface area contributed by atoms with Gasteiger partial charge in [0.2, 0.25) is 0 Å². The fourth-order valence-corrected chi connectivity index (χ4v) is 3.11. The Labute approximate surface area is 131 Å². The second kappa shape index (κ2) is 5.66. The van der Waals surface area contributed by atoms with E-state index in [0.717, 1.165) is 24.5 Å². The average molecular weight is 324 g/mol. The van der Waals surface area contributed by atoms with E-state index < -0.39 is 11.7 Å². The van der Waals surface area contributed by atoms with Gasteiger partial charge in [0, 0.05) is 0 Å². The molecule has 1 aliphatic rings. The van der Waals surface area contributed by atoms with Crippen LogP contribution in [0.15, 0.2) is 36.4 Å². The maximum Gasteiger partial charge on any atom is 0.253 e. The van der Waals surface area contributed by atoms with Gasteiger partial charge >= 0.3 is 0 Å². The fraction of sp³-hybridized carbons (Fsp3) is 0.188. The highest BCUT2D eigenvalue weighted by atomic mass is 35.5. The summed E-state index contributed by atoms with van der Waals surface area (Å²) < 4.78 is 13.5. The van der Waals surface area contributed by atoms with Gasteiger partial charge in [-0.1, -0.05) is 47.5 Å². The maximum atomic E-state index is 13.5. The molecular weight excluding hydrogens is 312 g/mol. The van der Waals surface area contributed by atoms with Crippen LogP contribution in [0, 0.1) is 5.82 Å². The summed E-state index contributed by atoms with van der Waals surface area (Å²) in [5, 5.41) is 2.95.